The summed E-state index contributed by atoms with van der Waals surface area (Å²) in [4.78, 5) is 0. The first-order valence-electron chi connectivity index (χ1n) is 17.2. The van der Waals surface area contributed by atoms with E-state index in [2.05, 4.69) is 203 Å². The van der Waals surface area contributed by atoms with Gasteiger partial charge in [0, 0.05) is 38.5 Å². The van der Waals surface area contributed by atoms with E-state index in [1.165, 1.54) is 77.0 Å². The topological polar surface area (TPSA) is 9.86 Å². The second kappa shape index (κ2) is 11.5. The third-order valence-electron chi connectivity index (χ3n) is 10.1. The Morgan fingerprint density at radius 1 is 0.260 bits per heavy atom. The molecule has 0 spiro atoms. The van der Waals surface area contributed by atoms with E-state index in [-0.39, 0.29) is 0 Å². The second-order valence-corrected chi connectivity index (χ2v) is 13.0. The van der Waals surface area contributed by atoms with E-state index >= 15 is 0 Å². The standard InChI is InChI=1S/C48H32N2/c1-3-13-33(14-4-1)35-25-28-38(29-26-35)49-45-23-9-8-20-42(45)44-32-37(27-30-47(44)49)40-21-12-22-43-41-19-7-10-24-46(41)50(48(40)43)39-18-11-17-36(31-39)34-15-5-2-6-16-34/h1-32H. The molecular weight excluding hydrogens is 605 g/mol. The second-order valence-electron chi connectivity index (χ2n) is 13.0. The SMILES string of the molecule is c1ccc(-c2ccc(-n3c4ccccc4c4cc(-c5cccc6c7ccccc7n(-c7cccc(-c8ccccc8)c7)c56)ccc43)cc2)cc1. The summed E-state index contributed by atoms with van der Waals surface area (Å²) >= 11 is 0. The van der Waals surface area contributed by atoms with Gasteiger partial charge in [0.15, 0.2) is 0 Å². The summed E-state index contributed by atoms with van der Waals surface area (Å²) < 4.78 is 4.85. The van der Waals surface area contributed by atoms with Crippen LogP contribution in [0, 0.1) is 0 Å². The van der Waals surface area contributed by atoms with Gasteiger partial charge in [0.25, 0.3) is 0 Å². The molecule has 10 rings (SSSR count). The van der Waals surface area contributed by atoms with Crippen LogP contribution < -0.4 is 0 Å². The van der Waals surface area contributed by atoms with Gasteiger partial charge in [-0.3, -0.25) is 0 Å². The van der Waals surface area contributed by atoms with Crippen LogP contribution >= 0.6 is 0 Å². The van der Waals surface area contributed by atoms with Crippen molar-refractivity contribution in [3.63, 3.8) is 0 Å². The fourth-order valence-electron chi connectivity index (χ4n) is 7.83. The average Bonchev–Trinajstić information content (AvgIpc) is 3.71. The van der Waals surface area contributed by atoms with Crippen LogP contribution in [0.25, 0.3) is 88.4 Å². The minimum atomic E-state index is 1.15. The van der Waals surface area contributed by atoms with Crippen LogP contribution in [0.4, 0.5) is 0 Å². The Bertz CT molecular complexity index is 2840. The van der Waals surface area contributed by atoms with E-state index in [9.17, 15) is 0 Å². The van der Waals surface area contributed by atoms with Crippen molar-refractivity contribution in [3.8, 4) is 44.8 Å². The number of nitrogens with zero attached hydrogens (tertiary/aromatic N) is 2. The zero-order chi connectivity index (χ0) is 33.0. The molecule has 8 aromatic carbocycles. The van der Waals surface area contributed by atoms with Gasteiger partial charge in [-0.1, -0.05) is 146 Å². The Kier molecular flexibility index (Phi) is 6.53. The van der Waals surface area contributed by atoms with E-state index in [1.807, 2.05) is 0 Å². The molecule has 0 saturated carbocycles. The predicted molar refractivity (Wildman–Crippen MR) is 211 cm³/mol. The Morgan fingerprint density at radius 3 is 1.52 bits per heavy atom. The molecule has 0 amide bonds. The van der Waals surface area contributed by atoms with Crippen LogP contribution in [-0.2, 0) is 0 Å². The predicted octanol–water partition coefficient (Wildman–Crippen LogP) is 12.9. The van der Waals surface area contributed by atoms with E-state index in [1.54, 1.807) is 0 Å². The molecule has 0 unspecified atom stereocenters. The zero-order valence-electron chi connectivity index (χ0n) is 27.4. The largest absolute Gasteiger partial charge is 0.309 e. The fourth-order valence-corrected chi connectivity index (χ4v) is 7.83. The van der Waals surface area contributed by atoms with Gasteiger partial charge in [-0.05, 0) is 76.3 Å². The fraction of sp³-hybridized carbons (Fsp3) is 0. The van der Waals surface area contributed by atoms with Crippen LogP contribution in [-0.4, -0.2) is 9.13 Å². The molecule has 0 atom stereocenters. The molecule has 0 N–H and O–H groups in total. The minimum absolute atomic E-state index is 1.15. The van der Waals surface area contributed by atoms with Crippen molar-refractivity contribution in [2.45, 2.75) is 0 Å². The molecule has 0 bridgehead atoms. The molecule has 234 valence electrons. The van der Waals surface area contributed by atoms with Crippen LogP contribution in [0.15, 0.2) is 194 Å². The van der Waals surface area contributed by atoms with Crippen LogP contribution in [0.3, 0.4) is 0 Å². The van der Waals surface area contributed by atoms with Crippen molar-refractivity contribution < 1.29 is 0 Å². The van der Waals surface area contributed by atoms with Crippen molar-refractivity contribution in [1.82, 2.24) is 9.13 Å². The van der Waals surface area contributed by atoms with Crippen LogP contribution in [0.1, 0.15) is 0 Å². The van der Waals surface area contributed by atoms with Gasteiger partial charge < -0.3 is 9.13 Å². The van der Waals surface area contributed by atoms with Crippen LogP contribution in [0.5, 0.6) is 0 Å². The third kappa shape index (κ3) is 4.50. The lowest BCUT2D eigenvalue weighted by molar-refractivity contribution is 1.18. The monoisotopic (exact) mass is 636 g/mol. The summed E-state index contributed by atoms with van der Waals surface area (Å²) in [7, 11) is 0. The number of benzene rings is 8. The molecule has 0 aliphatic heterocycles. The number of hydrogen-bond donors (Lipinski definition) is 0. The molecular formula is C48H32N2. The number of aromatic nitrogens is 2. The van der Waals surface area contributed by atoms with E-state index in [0.29, 0.717) is 0 Å². The first-order chi connectivity index (χ1) is 24.8. The molecule has 0 fully saturated rings. The maximum Gasteiger partial charge on any atom is 0.0619 e. The van der Waals surface area contributed by atoms with Crippen molar-refractivity contribution >= 4 is 43.6 Å². The van der Waals surface area contributed by atoms with Gasteiger partial charge in [-0.15, -0.1) is 0 Å². The average molecular weight is 637 g/mol. The highest BCUT2D eigenvalue weighted by Crippen LogP contribution is 2.41. The van der Waals surface area contributed by atoms with Gasteiger partial charge in [0.2, 0.25) is 0 Å². The lowest BCUT2D eigenvalue weighted by atomic mass is 9.99. The van der Waals surface area contributed by atoms with Crippen molar-refractivity contribution in [2.75, 3.05) is 0 Å². The van der Waals surface area contributed by atoms with Gasteiger partial charge in [0.05, 0.1) is 22.1 Å². The highest BCUT2D eigenvalue weighted by molar-refractivity contribution is 6.15. The molecule has 0 aliphatic rings. The molecule has 0 aliphatic carbocycles. The van der Waals surface area contributed by atoms with E-state index < -0.39 is 0 Å². The highest BCUT2D eigenvalue weighted by atomic mass is 15.0. The van der Waals surface area contributed by atoms with Gasteiger partial charge in [-0.25, -0.2) is 0 Å². The van der Waals surface area contributed by atoms with Crippen molar-refractivity contribution in [3.05, 3.63) is 194 Å². The van der Waals surface area contributed by atoms with Gasteiger partial charge in [0.1, 0.15) is 0 Å². The quantitative estimate of drug-likeness (QED) is 0.178. The number of para-hydroxylation sites is 3. The Balaban J connectivity index is 1.18. The molecule has 50 heavy (non-hydrogen) atoms. The number of hydrogen-bond acceptors (Lipinski definition) is 0. The minimum Gasteiger partial charge on any atom is -0.309 e. The summed E-state index contributed by atoms with van der Waals surface area (Å²) in [6.45, 7) is 0. The Morgan fingerprint density at radius 2 is 0.780 bits per heavy atom. The molecule has 10 aromatic rings. The van der Waals surface area contributed by atoms with Gasteiger partial charge in [-0.2, -0.15) is 0 Å². The summed E-state index contributed by atoms with van der Waals surface area (Å²) in [5, 5.41) is 5.01. The van der Waals surface area contributed by atoms with Crippen molar-refractivity contribution in [2.24, 2.45) is 0 Å². The van der Waals surface area contributed by atoms with Crippen LogP contribution in [0.2, 0.25) is 0 Å². The van der Waals surface area contributed by atoms with E-state index in [4.69, 9.17) is 0 Å². The Hall–Kier alpha value is -6.64. The molecule has 0 radical (unpaired) electrons. The maximum absolute atomic E-state index is 2.45. The Labute approximate surface area is 290 Å². The number of rotatable bonds is 5. The summed E-state index contributed by atoms with van der Waals surface area (Å²) in [6, 6.07) is 70.4. The van der Waals surface area contributed by atoms with Gasteiger partial charge >= 0.3 is 0 Å². The summed E-state index contributed by atoms with van der Waals surface area (Å²) in [6.07, 6.45) is 0. The first kappa shape index (κ1) is 28.4. The summed E-state index contributed by atoms with van der Waals surface area (Å²) in [5.74, 6) is 0. The molecule has 0 saturated heterocycles. The maximum atomic E-state index is 2.45. The molecule has 2 heterocycles. The molecule has 2 nitrogen and oxygen atoms in total. The lowest BCUT2D eigenvalue weighted by Crippen LogP contribution is -1.96. The first-order valence-corrected chi connectivity index (χ1v) is 17.2. The van der Waals surface area contributed by atoms with E-state index in [0.717, 1.165) is 11.4 Å². The highest BCUT2D eigenvalue weighted by Gasteiger charge is 2.19. The molecule has 2 heteroatoms. The van der Waals surface area contributed by atoms with Crippen molar-refractivity contribution in [1.29, 1.82) is 0 Å². The smallest absolute Gasteiger partial charge is 0.0619 e. The third-order valence-corrected chi connectivity index (χ3v) is 10.1. The number of fused-ring (bicyclic) bond motifs is 6. The molecule has 2 aromatic heterocycles. The summed E-state index contributed by atoms with van der Waals surface area (Å²) in [5.41, 5.74) is 14.4. The normalized spacial score (nSPS) is 11.6. The lowest BCUT2D eigenvalue weighted by Gasteiger charge is -2.14. The zero-order valence-corrected chi connectivity index (χ0v) is 27.4.